The van der Waals surface area contributed by atoms with Gasteiger partial charge in [-0.25, -0.2) is 4.79 Å². The van der Waals surface area contributed by atoms with E-state index in [1.54, 1.807) is 6.08 Å². The lowest BCUT2D eigenvalue weighted by Gasteiger charge is -2.08. The molecule has 0 saturated carbocycles. The number of nitrogens with zero attached hydrogens (tertiary/aromatic N) is 2. The lowest BCUT2D eigenvalue weighted by atomic mass is 10.1. The first-order valence-electron chi connectivity index (χ1n) is 10.2. The molecule has 1 aliphatic heterocycles. The van der Waals surface area contributed by atoms with Crippen LogP contribution < -0.4 is 10.6 Å². The monoisotopic (exact) mass is 416 g/mol. The average Bonchev–Trinajstić information content (AvgIpc) is 3.22. The molecule has 0 bridgehead atoms. The van der Waals surface area contributed by atoms with Gasteiger partial charge in [0.25, 0.3) is 5.91 Å². The van der Waals surface area contributed by atoms with Gasteiger partial charge in [-0.15, -0.1) is 0 Å². The fourth-order valence-corrected chi connectivity index (χ4v) is 3.67. The summed E-state index contributed by atoms with van der Waals surface area (Å²) in [6.45, 7) is 4.41. The number of rotatable bonds is 6. The van der Waals surface area contributed by atoms with Crippen LogP contribution in [0.3, 0.4) is 0 Å². The van der Waals surface area contributed by atoms with Crippen molar-refractivity contribution in [3.63, 3.8) is 0 Å². The van der Waals surface area contributed by atoms with Crippen LogP contribution in [0.1, 0.15) is 24.5 Å². The SMILES string of the molecule is CCCN1C(=O)N/C(=C/c2cn(CC(=O)Nc3ccc(C)cc3)c3ccccc23)C1=O. The van der Waals surface area contributed by atoms with E-state index in [2.05, 4.69) is 10.6 Å². The zero-order valence-electron chi connectivity index (χ0n) is 17.5. The molecule has 1 fully saturated rings. The molecule has 7 heteroatoms. The van der Waals surface area contributed by atoms with Crippen molar-refractivity contribution < 1.29 is 14.4 Å². The van der Waals surface area contributed by atoms with Crippen LogP contribution in [-0.2, 0) is 16.1 Å². The van der Waals surface area contributed by atoms with Crippen molar-refractivity contribution in [3.8, 4) is 0 Å². The predicted octanol–water partition coefficient (Wildman–Crippen LogP) is 3.89. The molecular formula is C24H24N4O3. The highest BCUT2D eigenvalue weighted by Crippen LogP contribution is 2.25. The van der Waals surface area contributed by atoms with E-state index in [1.165, 1.54) is 4.90 Å². The van der Waals surface area contributed by atoms with Crippen LogP contribution in [0.4, 0.5) is 10.5 Å². The summed E-state index contributed by atoms with van der Waals surface area (Å²) in [6, 6.07) is 14.9. The molecule has 0 radical (unpaired) electrons. The minimum Gasteiger partial charge on any atom is -0.337 e. The van der Waals surface area contributed by atoms with Crippen molar-refractivity contribution in [2.24, 2.45) is 0 Å². The third kappa shape index (κ3) is 4.21. The highest BCUT2D eigenvalue weighted by molar-refractivity contribution is 6.14. The molecule has 2 heterocycles. The number of nitrogens with one attached hydrogen (secondary N) is 2. The number of anilines is 1. The maximum absolute atomic E-state index is 12.6. The molecule has 1 aromatic heterocycles. The van der Waals surface area contributed by atoms with E-state index < -0.39 is 6.03 Å². The van der Waals surface area contributed by atoms with Crippen molar-refractivity contribution in [1.82, 2.24) is 14.8 Å². The van der Waals surface area contributed by atoms with E-state index in [1.807, 2.05) is 73.1 Å². The van der Waals surface area contributed by atoms with Crippen LogP contribution in [0.25, 0.3) is 17.0 Å². The van der Waals surface area contributed by atoms with E-state index >= 15 is 0 Å². The Hall–Kier alpha value is -3.87. The molecule has 3 aromatic rings. The number of aryl methyl sites for hydroxylation is 1. The summed E-state index contributed by atoms with van der Waals surface area (Å²) in [4.78, 5) is 38.5. The van der Waals surface area contributed by atoms with Crippen LogP contribution in [0.5, 0.6) is 0 Å². The summed E-state index contributed by atoms with van der Waals surface area (Å²) in [5.41, 5.74) is 3.74. The summed E-state index contributed by atoms with van der Waals surface area (Å²) in [6.07, 6.45) is 4.20. The number of para-hydroxylation sites is 1. The number of benzene rings is 2. The Bertz CT molecular complexity index is 1190. The van der Waals surface area contributed by atoms with E-state index in [0.29, 0.717) is 13.0 Å². The third-order valence-electron chi connectivity index (χ3n) is 5.18. The van der Waals surface area contributed by atoms with Gasteiger partial charge in [-0.05, 0) is 37.6 Å². The summed E-state index contributed by atoms with van der Waals surface area (Å²) in [5, 5.41) is 6.45. The number of carbonyl (C=O) groups is 3. The topological polar surface area (TPSA) is 83.4 Å². The second-order valence-electron chi connectivity index (χ2n) is 7.59. The molecule has 0 spiro atoms. The third-order valence-corrected chi connectivity index (χ3v) is 5.18. The molecule has 0 atom stereocenters. The second kappa shape index (κ2) is 8.47. The highest BCUT2D eigenvalue weighted by atomic mass is 16.2. The molecule has 1 saturated heterocycles. The molecule has 0 aliphatic carbocycles. The van der Waals surface area contributed by atoms with Crippen molar-refractivity contribution in [3.05, 3.63) is 71.6 Å². The van der Waals surface area contributed by atoms with Gasteiger partial charge >= 0.3 is 6.03 Å². The van der Waals surface area contributed by atoms with Gasteiger partial charge in [-0.2, -0.15) is 0 Å². The van der Waals surface area contributed by atoms with Gasteiger partial charge in [0.15, 0.2) is 0 Å². The normalized spacial score (nSPS) is 15.0. The minimum absolute atomic E-state index is 0.125. The number of urea groups is 1. The average molecular weight is 416 g/mol. The number of imide groups is 1. The number of fused-ring (bicyclic) bond motifs is 1. The minimum atomic E-state index is -0.403. The van der Waals surface area contributed by atoms with E-state index in [4.69, 9.17) is 0 Å². The summed E-state index contributed by atoms with van der Waals surface area (Å²) >= 11 is 0. The summed E-state index contributed by atoms with van der Waals surface area (Å²) in [5.74, 6) is -0.482. The van der Waals surface area contributed by atoms with E-state index in [9.17, 15) is 14.4 Å². The number of hydrogen-bond donors (Lipinski definition) is 2. The molecule has 4 amide bonds. The van der Waals surface area contributed by atoms with Crippen LogP contribution in [0.2, 0.25) is 0 Å². The van der Waals surface area contributed by atoms with Crippen molar-refractivity contribution >= 4 is 40.5 Å². The quantitative estimate of drug-likeness (QED) is 0.472. The van der Waals surface area contributed by atoms with Crippen LogP contribution in [-0.4, -0.2) is 33.9 Å². The standard InChI is InChI=1S/C24H24N4O3/c1-3-12-28-23(30)20(26-24(28)31)13-17-14-27(21-7-5-4-6-19(17)21)15-22(29)25-18-10-8-16(2)9-11-18/h4-11,13-14H,3,12,15H2,1-2H3,(H,25,29)(H,26,31)/b20-13+. The zero-order valence-corrected chi connectivity index (χ0v) is 17.5. The van der Waals surface area contributed by atoms with Gasteiger partial charge in [0, 0.05) is 34.9 Å². The number of hydrogen-bond acceptors (Lipinski definition) is 3. The van der Waals surface area contributed by atoms with E-state index in [0.717, 1.165) is 27.7 Å². The first-order valence-corrected chi connectivity index (χ1v) is 10.2. The Balaban J connectivity index is 1.60. The molecular weight excluding hydrogens is 392 g/mol. The maximum Gasteiger partial charge on any atom is 0.329 e. The Labute approximate surface area is 180 Å². The fourth-order valence-electron chi connectivity index (χ4n) is 3.67. The Morgan fingerprint density at radius 1 is 1.10 bits per heavy atom. The molecule has 31 heavy (non-hydrogen) atoms. The van der Waals surface area contributed by atoms with Gasteiger partial charge in [0.1, 0.15) is 12.2 Å². The van der Waals surface area contributed by atoms with Gasteiger partial charge in [-0.1, -0.05) is 42.8 Å². The number of carbonyl (C=O) groups excluding carboxylic acids is 3. The highest BCUT2D eigenvalue weighted by Gasteiger charge is 2.32. The van der Waals surface area contributed by atoms with Crippen molar-refractivity contribution in [2.45, 2.75) is 26.8 Å². The van der Waals surface area contributed by atoms with Gasteiger partial charge in [0.2, 0.25) is 5.91 Å². The molecule has 4 rings (SSSR count). The zero-order chi connectivity index (χ0) is 22.0. The molecule has 7 nitrogen and oxygen atoms in total. The molecule has 0 unspecified atom stereocenters. The molecule has 2 aromatic carbocycles. The molecule has 158 valence electrons. The van der Waals surface area contributed by atoms with Crippen LogP contribution in [0, 0.1) is 6.92 Å². The number of aromatic nitrogens is 1. The van der Waals surface area contributed by atoms with Crippen molar-refractivity contribution in [1.29, 1.82) is 0 Å². The van der Waals surface area contributed by atoms with Crippen LogP contribution in [0.15, 0.2) is 60.4 Å². The van der Waals surface area contributed by atoms with Crippen molar-refractivity contribution in [2.75, 3.05) is 11.9 Å². The lowest BCUT2D eigenvalue weighted by Crippen LogP contribution is -2.31. The maximum atomic E-state index is 12.6. The van der Waals surface area contributed by atoms with Crippen LogP contribution >= 0.6 is 0 Å². The van der Waals surface area contributed by atoms with Gasteiger partial charge in [0.05, 0.1) is 0 Å². The number of amides is 4. The smallest absolute Gasteiger partial charge is 0.329 e. The van der Waals surface area contributed by atoms with Gasteiger partial charge in [-0.3, -0.25) is 14.5 Å². The Morgan fingerprint density at radius 2 is 1.84 bits per heavy atom. The Morgan fingerprint density at radius 3 is 2.58 bits per heavy atom. The lowest BCUT2D eigenvalue weighted by molar-refractivity contribution is -0.123. The Kier molecular flexibility index (Phi) is 5.58. The summed E-state index contributed by atoms with van der Waals surface area (Å²) < 4.78 is 1.84. The predicted molar refractivity (Wildman–Crippen MR) is 120 cm³/mol. The van der Waals surface area contributed by atoms with Gasteiger partial charge < -0.3 is 15.2 Å². The molecule has 2 N–H and O–H groups in total. The second-order valence-corrected chi connectivity index (χ2v) is 7.59. The first-order chi connectivity index (χ1) is 15.0. The largest absolute Gasteiger partial charge is 0.337 e. The molecule has 1 aliphatic rings. The summed E-state index contributed by atoms with van der Waals surface area (Å²) in [7, 11) is 0. The first kappa shape index (κ1) is 20.4. The fraction of sp³-hybridized carbons (Fsp3) is 0.208. The van der Waals surface area contributed by atoms with E-state index in [-0.39, 0.29) is 24.1 Å².